The first-order chi connectivity index (χ1) is 12.2. The number of nitrogens with two attached hydrogens (primary N) is 1. The van der Waals surface area contributed by atoms with E-state index >= 15 is 0 Å². The largest absolute Gasteiger partial charge is 0.492 e. The molecule has 0 saturated carbocycles. The smallest absolute Gasteiger partial charge is 0.238 e. The first kappa shape index (κ1) is 20.2. The number of aryl methyl sites for hydroxylation is 2. The minimum absolute atomic E-state index is 0.0745. The first-order valence-electron chi connectivity index (χ1n) is 8.39. The minimum atomic E-state index is -3.67. The van der Waals surface area contributed by atoms with E-state index in [1.165, 1.54) is 23.3 Å². The van der Waals surface area contributed by atoms with Crippen LogP contribution in [0, 0.1) is 13.8 Å². The van der Waals surface area contributed by atoms with Crippen LogP contribution in [-0.4, -0.2) is 46.7 Å². The summed E-state index contributed by atoms with van der Waals surface area (Å²) >= 11 is 0. The number of likely N-dealkylation sites (N-methyl/N-ethyl adjacent to an activating group) is 1. The maximum absolute atomic E-state index is 11.2. The molecule has 2 N–H and O–H groups in total. The second-order valence-electron chi connectivity index (χ2n) is 6.34. The second kappa shape index (κ2) is 9.02. The molecule has 0 aromatic heterocycles. The van der Waals surface area contributed by atoms with Crippen molar-refractivity contribution in [1.29, 1.82) is 0 Å². The molecule has 0 amide bonds. The lowest BCUT2D eigenvalue weighted by atomic mass is 10.1. The highest BCUT2D eigenvalue weighted by molar-refractivity contribution is 7.89. The molecule has 0 spiro atoms. The third kappa shape index (κ3) is 6.67. The summed E-state index contributed by atoms with van der Waals surface area (Å²) in [5.74, 6) is 1.50. The van der Waals surface area contributed by atoms with Gasteiger partial charge in [-0.1, -0.05) is 6.07 Å². The van der Waals surface area contributed by atoms with Crippen LogP contribution in [0.1, 0.15) is 11.1 Å². The summed E-state index contributed by atoms with van der Waals surface area (Å²) in [6, 6.07) is 12.2. The maximum Gasteiger partial charge on any atom is 0.238 e. The van der Waals surface area contributed by atoms with Gasteiger partial charge in [0.15, 0.2) is 0 Å². The summed E-state index contributed by atoms with van der Waals surface area (Å²) in [5, 5.41) is 5.06. The molecule has 142 valence electrons. The van der Waals surface area contributed by atoms with Crippen molar-refractivity contribution in [3.05, 3.63) is 53.6 Å². The Morgan fingerprint density at radius 3 is 1.88 bits per heavy atom. The van der Waals surface area contributed by atoms with E-state index in [2.05, 4.69) is 24.8 Å². The van der Waals surface area contributed by atoms with Gasteiger partial charge >= 0.3 is 0 Å². The van der Waals surface area contributed by atoms with Crippen molar-refractivity contribution in [2.45, 2.75) is 18.7 Å². The molecule has 0 radical (unpaired) electrons. The third-order valence-electron chi connectivity index (χ3n) is 3.83. The monoisotopic (exact) mass is 378 g/mol. The molecule has 2 aromatic rings. The van der Waals surface area contributed by atoms with Gasteiger partial charge in [-0.2, -0.15) is 0 Å². The van der Waals surface area contributed by atoms with E-state index in [-0.39, 0.29) is 4.90 Å². The fourth-order valence-electron chi connectivity index (χ4n) is 2.49. The standard InChI is InChI=1S/C19H26N2O4S/c1-15-12-16(2)14-18(13-15)25-11-9-21(3)8-10-24-17-4-6-19(7-5-17)26(20,22)23/h4-7,12-14H,8-11H2,1-3H3,(H2,20,22,23). The van der Waals surface area contributed by atoms with E-state index in [4.69, 9.17) is 14.6 Å². The fraction of sp³-hybridized carbons (Fsp3) is 0.368. The molecular formula is C19H26N2O4S. The van der Waals surface area contributed by atoms with Gasteiger partial charge in [0.2, 0.25) is 10.0 Å². The minimum Gasteiger partial charge on any atom is -0.492 e. The number of rotatable bonds is 9. The number of primary sulfonamides is 1. The predicted octanol–water partition coefficient (Wildman–Crippen LogP) is 2.34. The quantitative estimate of drug-likeness (QED) is 0.724. The van der Waals surface area contributed by atoms with Crippen molar-refractivity contribution < 1.29 is 17.9 Å². The molecule has 0 unspecified atom stereocenters. The van der Waals surface area contributed by atoms with Crippen LogP contribution in [0.4, 0.5) is 0 Å². The van der Waals surface area contributed by atoms with Gasteiger partial charge in [-0.05, 0) is 68.4 Å². The zero-order valence-corrected chi connectivity index (χ0v) is 16.3. The Morgan fingerprint density at radius 2 is 1.38 bits per heavy atom. The zero-order valence-electron chi connectivity index (χ0n) is 15.4. The molecule has 0 atom stereocenters. The lowest BCUT2D eigenvalue weighted by Gasteiger charge is -2.17. The Balaban J connectivity index is 1.69. The molecule has 6 nitrogen and oxygen atoms in total. The van der Waals surface area contributed by atoms with Gasteiger partial charge in [-0.15, -0.1) is 0 Å². The van der Waals surface area contributed by atoms with Crippen LogP contribution < -0.4 is 14.6 Å². The lowest BCUT2D eigenvalue weighted by molar-refractivity contribution is 0.202. The lowest BCUT2D eigenvalue weighted by Crippen LogP contribution is -2.28. The molecular weight excluding hydrogens is 352 g/mol. The van der Waals surface area contributed by atoms with Crippen molar-refractivity contribution in [1.82, 2.24) is 4.90 Å². The fourth-order valence-corrected chi connectivity index (χ4v) is 3.01. The van der Waals surface area contributed by atoms with Crippen LogP contribution in [0.2, 0.25) is 0 Å². The first-order valence-corrected chi connectivity index (χ1v) is 9.94. The van der Waals surface area contributed by atoms with Crippen molar-refractivity contribution in [2.24, 2.45) is 5.14 Å². The van der Waals surface area contributed by atoms with Crippen molar-refractivity contribution >= 4 is 10.0 Å². The van der Waals surface area contributed by atoms with E-state index < -0.39 is 10.0 Å². The molecule has 2 rings (SSSR count). The molecule has 26 heavy (non-hydrogen) atoms. The highest BCUT2D eigenvalue weighted by atomic mass is 32.2. The van der Waals surface area contributed by atoms with Crippen LogP contribution in [0.15, 0.2) is 47.4 Å². The Morgan fingerprint density at radius 1 is 0.885 bits per heavy atom. The summed E-state index contributed by atoms with van der Waals surface area (Å²) < 4.78 is 33.8. The Bertz CT molecular complexity index is 800. The van der Waals surface area contributed by atoms with E-state index in [1.54, 1.807) is 12.1 Å². The summed E-state index contributed by atoms with van der Waals surface area (Å²) in [4.78, 5) is 2.19. The van der Waals surface area contributed by atoms with Gasteiger partial charge in [-0.3, -0.25) is 4.90 Å². The second-order valence-corrected chi connectivity index (χ2v) is 7.90. The molecule has 0 aliphatic carbocycles. The molecule has 7 heteroatoms. The molecule has 2 aromatic carbocycles. The van der Waals surface area contributed by atoms with Gasteiger partial charge in [-0.25, -0.2) is 13.6 Å². The summed E-state index contributed by atoms with van der Waals surface area (Å²) in [7, 11) is -1.67. The average molecular weight is 378 g/mol. The Labute approximate surface area is 155 Å². The zero-order chi connectivity index (χ0) is 19.2. The third-order valence-corrected chi connectivity index (χ3v) is 4.76. The predicted molar refractivity (Wildman–Crippen MR) is 102 cm³/mol. The average Bonchev–Trinajstić information content (AvgIpc) is 2.53. The van der Waals surface area contributed by atoms with E-state index in [1.807, 2.05) is 19.2 Å². The number of benzene rings is 2. The van der Waals surface area contributed by atoms with Crippen molar-refractivity contribution in [2.75, 3.05) is 33.4 Å². The number of ether oxygens (including phenoxy) is 2. The number of nitrogens with zero attached hydrogens (tertiary/aromatic N) is 1. The molecule has 0 aliphatic rings. The van der Waals surface area contributed by atoms with E-state index in [9.17, 15) is 8.42 Å². The molecule has 0 bridgehead atoms. The molecule has 0 heterocycles. The molecule has 0 aliphatic heterocycles. The summed E-state index contributed by atoms with van der Waals surface area (Å²) in [5.41, 5.74) is 2.38. The van der Waals surface area contributed by atoms with Gasteiger partial charge < -0.3 is 9.47 Å². The molecule has 0 saturated heterocycles. The van der Waals surface area contributed by atoms with E-state index in [0.717, 1.165) is 18.8 Å². The summed E-state index contributed by atoms with van der Waals surface area (Å²) in [6.07, 6.45) is 0. The number of hydrogen-bond donors (Lipinski definition) is 1. The van der Waals surface area contributed by atoms with Crippen LogP contribution in [0.3, 0.4) is 0 Å². The normalized spacial score (nSPS) is 11.6. The maximum atomic E-state index is 11.2. The number of sulfonamides is 1. The number of hydrogen-bond acceptors (Lipinski definition) is 5. The van der Waals surface area contributed by atoms with Crippen LogP contribution in [0.25, 0.3) is 0 Å². The van der Waals surface area contributed by atoms with Gasteiger partial charge in [0.1, 0.15) is 24.7 Å². The highest BCUT2D eigenvalue weighted by Gasteiger charge is 2.07. The topological polar surface area (TPSA) is 81.9 Å². The van der Waals surface area contributed by atoms with Crippen LogP contribution in [-0.2, 0) is 10.0 Å². The molecule has 0 fully saturated rings. The van der Waals surface area contributed by atoms with Gasteiger partial charge in [0.25, 0.3) is 0 Å². The Hall–Kier alpha value is -2.09. The van der Waals surface area contributed by atoms with E-state index in [0.29, 0.717) is 19.0 Å². The SMILES string of the molecule is Cc1cc(C)cc(OCCN(C)CCOc2ccc(S(N)(=O)=O)cc2)c1. The van der Waals surface area contributed by atoms with Crippen molar-refractivity contribution in [3.8, 4) is 11.5 Å². The Kier molecular flexibility index (Phi) is 7.02. The summed E-state index contributed by atoms with van der Waals surface area (Å²) in [6.45, 7) is 6.71. The van der Waals surface area contributed by atoms with Crippen molar-refractivity contribution in [3.63, 3.8) is 0 Å². The van der Waals surface area contributed by atoms with Crippen LogP contribution in [0.5, 0.6) is 11.5 Å². The van der Waals surface area contributed by atoms with Gasteiger partial charge in [0, 0.05) is 13.1 Å². The highest BCUT2D eigenvalue weighted by Crippen LogP contribution is 2.16. The van der Waals surface area contributed by atoms with Crippen LogP contribution >= 0.6 is 0 Å². The van der Waals surface area contributed by atoms with Gasteiger partial charge in [0.05, 0.1) is 4.90 Å².